The smallest absolute Gasteiger partial charge is 0.365 e. The second kappa shape index (κ2) is 6.54. The molecule has 0 amide bonds. The minimum absolute atomic E-state index is 0.111. The van der Waals surface area contributed by atoms with Gasteiger partial charge in [0.25, 0.3) is 10.0 Å². The van der Waals surface area contributed by atoms with Crippen LogP contribution in [-0.2, 0) is 16.2 Å². The van der Waals surface area contributed by atoms with Gasteiger partial charge in [0.1, 0.15) is 0 Å². The Morgan fingerprint density at radius 2 is 1.74 bits per heavy atom. The monoisotopic (exact) mass is 508 g/mol. The summed E-state index contributed by atoms with van der Waals surface area (Å²) in [5.41, 5.74) is -0.118. The molecular weight excluding hydrogens is 492 g/mol. The van der Waals surface area contributed by atoms with Gasteiger partial charge in [-0.25, -0.2) is 8.42 Å². The molecule has 2 aliphatic heterocycles. The minimum Gasteiger partial charge on any atom is -0.365 e. The van der Waals surface area contributed by atoms with E-state index in [2.05, 4.69) is 22.6 Å². The Morgan fingerprint density at radius 1 is 1.04 bits per heavy atom. The summed E-state index contributed by atoms with van der Waals surface area (Å²) in [6.45, 7) is 0.878. The summed E-state index contributed by atoms with van der Waals surface area (Å²) in [4.78, 5) is 2.05. The number of sulfonamides is 1. The summed E-state index contributed by atoms with van der Waals surface area (Å²) in [5.74, 6) is 0. The SMILES string of the molecule is O=S(=O)(c1ccc(I)cc1)N1C[C@H]2CCCN2c2cc(C(F)(F)F)ccc21. The highest BCUT2D eigenvalue weighted by atomic mass is 127. The molecule has 1 saturated heterocycles. The van der Waals surface area contributed by atoms with Crippen LogP contribution < -0.4 is 9.21 Å². The molecule has 1 fully saturated rings. The van der Waals surface area contributed by atoms with E-state index in [1.54, 1.807) is 12.1 Å². The zero-order chi connectivity index (χ0) is 19.4. The highest BCUT2D eigenvalue weighted by Crippen LogP contribution is 2.44. The third kappa shape index (κ3) is 3.28. The van der Waals surface area contributed by atoms with E-state index in [0.29, 0.717) is 17.9 Å². The molecule has 0 aromatic heterocycles. The number of hydrogen-bond donors (Lipinski definition) is 0. The first-order valence-electron chi connectivity index (χ1n) is 8.44. The zero-order valence-corrected chi connectivity index (χ0v) is 17.1. The Morgan fingerprint density at radius 3 is 2.41 bits per heavy atom. The molecule has 0 unspecified atom stereocenters. The predicted octanol–water partition coefficient (Wildman–Crippen LogP) is 4.49. The molecule has 1 atom stereocenters. The van der Waals surface area contributed by atoms with Crippen LogP contribution in [0.1, 0.15) is 18.4 Å². The van der Waals surface area contributed by atoms with Gasteiger partial charge in [-0.15, -0.1) is 0 Å². The molecule has 0 radical (unpaired) electrons. The molecule has 2 aromatic rings. The van der Waals surface area contributed by atoms with Crippen LogP contribution in [-0.4, -0.2) is 27.5 Å². The molecule has 0 spiro atoms. The van der Waals surface area contributed by atoms with Gasteiger partial charge in [0.2, 0.25) is 0 Å². The molecule has 4 nitrogen and oxygen atoms in total. The summed E-state index contributed by atoms with van der Waals surface area (Å²) in [6, 6.07) is 9.65. The number of fused-ring (bicyclic) bond motifs is 3. The molecule has 2 aromatic carbocycles. The summed E-state index contributed by atoms with van der Waals surface area (Å²) in [5, 5.41) is 0. The number of anilines is 2. The van der Waals surface area contributed by atoms with Crippen LogP contribution in [0.4, 0.5) is 24.5 Å². The normalized spacial score (nSPS) is 19.8. The average molecular weight is 508 g/mol. The first-order valence-corrected chi connectivity index (χ1v) is 11.0. The van der Waals surface area contributed by atoms with E-state index in [1.807, 2.05) is 4.90 Å². The molecule has 2 heterocycles. The Hall–Kier alpha value is -1.49. The summed E-state index contributed by atoms with van der Waals surface area (Å²) < 4.78 is 68.1. The van der Waals surface area contributed by atoms with Crippen LogP contribution >= 0.6 is 22.6 Å². The summed E-state index contributed by atoms with van der Waals surface area (Å²) in [6.07, 6.45) is -2.88. The van der Waals surface area contributed by atoms with Gasteiger partial charge in [0.15, 0.2) is 0 Å². The van der Waals surface area contributed by atoms with Crippen molar-refractivity contribution in [1.82, 2.24) is 0 Å². The van der Waals surface area contributed by atoms with E-state index in [9.17, 15) is 21.6 Å². The Kier molecular flexibility index (Phi) is 4.57. The number of halogens is 4. The van der Waals surface area contributed by atoms with Crippen LogP contribution in [0.3, 0.4) is 0 Å². The lowest BCUT2D eigenvalue weighted by molar-refractivity contribution is -0.137. The third-order valence-electron chi connectivity index (χ3n) is 5.04. The maximum Gasteiger partial charge on any atom is 0.416 e. The molecule has 9 heteroatoms. The van der Waals surface area contributed by atoms with Crippen molar-refractivity contribution in [3.05, 3.63) is 51.6 Å². The summed E-state index contributed by atoms with van der Waals surface area (Å²) in [7, 11) is -3.86. The van der Waals surface area contributed by atoms with Crippen LogP contribution in [0.5, 0.6) is 0 Å². The Labute approximate surface area is 169 Å². The van der Waals surface area contributed by atoms with Gasteiger partial charge in [0.05, 0.1) is 28.4 Å². The topological polar surface area (TPSA) is 40.6 Å². The van der Waals surface area contributed by atoms with E-state index in [-0.39, 0.29) is 17.5 Å². The molecule has 4 rings (SSSR count). The second-order valence-electron chi connectivity index (χ2n) is 6.68. The highest BCUT2D eigenvalue weighted by molar-refractivity contribution is 14.1. The quantitative estimate of drug-likeness (QED) is 0.562. The van der Waals surface area contributed by atoms with E-state index in [4.69, 9.17) is 0 Å². The van der Waals surface area contributed by atoms with Gasteiger partial charge in [-0.3, -0.25) is 4.31 Å². The maximum atomic E-state index is 13.2. The molecule has 144 valence electrons. The van der Waals surface area contributed by atoms with Crippen molar-refractivity contribution >= 4 is 44.0 Å². The van der Waals surface area contributed by atoms with Crippen molar-refractivity contribution < 1.29 is 21.6 Å². The standard InChI is InChI=1S/C18H16F3IN2O2S/c19-18(20,21)12-3-8-16-17(10-12)23-9-1-2-14(23)11-24(16)27(25,26)15-6-4-13(22)5-7-15/h3-8,10,14H,1-2,9,11H2/t14-/m1/s1. The van der Waals surface area contributed by atoms with Gasteiger partial charge in [-0.1, -0.05) is 0 Å². The van der Waals surface area contributed by atoms with Crippen LogP contribution in [0.2, 0.25) is 0 Å². The second-order valence-corrected chi connectivity index (χ2v) is 9.79. The molecule has 0 saturated carbocycles. The number of rotatable bonds is 2. The van der Waals surface area contributed by atoms with E-state index in [1.165, 1.54) is 22.5 Å². The van der Waals surface area contributed by atoms with Crippen molar-refractivity contribution in [2.24, 2.45) is 0 Å². The van der Waals surface area contributed by atoms with Gasteiger partial charge >= 0.3 is 6.18 Å². The lowest BCUT2D eigenvalue weighted by atomic mass is 10.1. The van der Waals surface area contributed by atoms with Crippen LogP contribution in [0.15, 0.2) is 47.4 Å². The predicted molar refractivity (Wildman–Crippen MR) is 106 cm³/mol. The van der Waals surface area contributed by atoms with E-state index in [0.717, 1.165) is 28.5 Å². The molecular formula is C18H16F3IN2O2S. The van der Waals surface area contributed by atoms with Crippen molar-refractivity contribution in [3.8, 4) is 0 Å². The number of alkyl halides is 3. The fourth-order valence-electron chi connectivity index (χ4n) is 3.73. The molecule has 0 aliphatic carbocycles. The van der Waals surface area contributed by atoms with Crippen molar-refractivity contribution in [2.75, 3.05) is 22.3 Å². The van der Waals surface area contributed by atoms with Gasteiger partial charge in [0, 0.05) is 16.2 Å². The molecule has 27 heavy (non-hydrogen) atoms. The third-order valence-corrected chi connectivity index (χ3v) is 7.55. The van der Waals surface area contributed by atoms with Crippen LogP contribution in [0, 0.1) is 3.57 Å². The van der Waals surface area contributed by atoms with E-state index < -0.39 is 21.8 Å². The lowest BCUT2D eigenvalue weighted by Gasteiger charge is -2.40. The Balaban J connectivity index is 1.84. The van der Waals surface area contributed by atoms with Gasteiger partial charge in [-0.2, -0.15) is 13.2 Å². The Bertz CT molecular complexity index is 977. The zero-order valence-electron chi connectivity index (χ0n) is 14.1. The van der Waals surface area contributed by atoms with Gasteiger partial charge in [-0.05, 0) is 77.9 Å². The number of nitrogens with zero attached hydrogens (tertiary/aromatic N) is 2. The summed E-state index contributed by atoms with van der Waals surface area (Å²) >= 11 is 2.09. The molecule has 2 aliphatic rings. The highest BCUT2D eigenvalue weighted by Gasteiger charge is 2.41. The number of benzene rings is 2. The minimum atomic E-state index is -4.47. The fourth-order valence-corrected chi connectivity index (χ4v) is 5.61. The van der Waals surface area contributed by atoms with Crippen LogP contribution in [0.25, 0.3) is 0 Å². The average Bonchev–Trinajstić information content (AvgIpc) is 3.09. The van der Waals surface area contributed by atoms with Crippen molar-refractivity contribution in [2.45, 2.75) is 30.0 Å². The molecule has 0 bridgehead atoms. The first kappa shape index (κ1) is 18.9. The number of hydrogen-bond acceptors (Lipinski definition) is 3. The van der Waals surface area contributed by atoms with E-state index >= 15 is 0 Å². The maximum absolute atomic E-state index is 13.2. The molecule has 0 N–H and O–H groups in total. The first-order chi connectivity index (χ1) is 12.7. The fraction of sp³-hybridized carbons (Fsp3) is 0.333. The largest absolute Gasteiger partial charge is 0.416 e. The van der Waals surface area contributed by atoms with Gasteiger partial charge < -0.3 is 4.90 Å². The van der Waals surface area contributed by atoms with Crippen molar-refractivity contribution in [1.29, 1.82) is 0 Å². The lowest BCUT2D eigenvalue weighted by Crippen LogP contribution is -2.48. The van der Waals surface area contributed by atoms with Crippen molar-refractivity contribution in [3.63, 3.8) is 0 Å².